The first-order valence-electron chi connectivity index (χ1n) is 4.55. The summed E-state index contributed by atoms with van der Waals surface area (Å²) in [6.07, 6.45) is 0.772. The summed E-state index contributed by atoms with van der Waals surface area (Å²) in [5, 5.41) is 0. The molecule has 1 aromatic carbocycles. The van der Waals surface area contributed by atoms with Gasteiger partial charge in [0, 0.05) is 12.0 Å². The molecule has 2 nitrogen and oxygen atoms in total. The Hall–Kier alpha value is -1.15. The van der Waals surface area contributed by atoms with Crippen LogP contribution in [0, 0.1) is 0 Å². The van der Waals surface area contributed by atoms with Crippen molar-refractivity contribution in [2.24, 2.45) is 5.73 Å². The summed E-state index contributed by atoms with van der Waals surface area (Å²) in [5.74, 6) is 0.256. The minimum atomic E-state index is 0.0335. The molecule has 0 amide bonds. The zero-order valence-electron chi connectivity index (χ0n) is 7.66. The summed E-state index contributed by atoms with van der Waals surface area (Å²) in [4.78, 5) is 11.3. The van der Waals surface area contributed by atoms with Gasteiger partial charge in [0.2, 0.25) is 0 Å². The van der Waals surface area contributed by atoms with Gasteiger partial charge in [0.25, 0.3) is 0 Å². The number of carbonyl (C=O) groups is 1. The largest absolute Gasteiger partial charge is 0.324 e. The normalized spacial score (nSPS) is 25.7. The van der Waals surface area contributed by atoms with Crippen molar-refractivity contribution in [3.8, 4) is 0 Å². The van der Waals surface area contributed by atoms with Gasteiger partial charge >= 0.3 is 0 Å². The molecule has 68 valence electrons. The third kappa shape index (κ3) is 1.27. The summed E-state index contributed by atoms with van der Waals surface area (Å²) in [5.41, 5.74) is 8.19. The van der Waals surface area contributed by atoms with Crippen molar-refractivity contribution in [2.45, 2.75) is 25.3 Å². The van der Waals surface area contributed by atoms with E-state index in [4.69, 9.17) is 5.73 Å². The SMILES string of the molecule is CC(=O)[C@@H]1C[C@H](N)c2ccccc21. The molecule has 1 aromatic rings. The number of fused-ring (bicyclic) bond motifs is 1. The number of hydrogen-bond donors (Lipinski definition) is 1. The topological polar surface area (TPSA) is 43.1 Å². The van der Waals surface area contributed by atoms with Gasteiger partial charge in [0.15, 0.2) is 0 Å². The van der Waals surface area contributed by atoms with Crippen LogP contribution in [0.5, 0.6) is 0 Å². The van der Waals surface area contributed by atoms with Gasteiger partial charge in [-0.1, -0.05) is 24.3 Å². The first kappa shape index (κ1) is 8.45. The van der Waals surface area contributed by atoms with Crippen molar-refractivity contribution in [3.63, 3.8) is 0 Å². The molecule has 2 rings (SSSR count). The van der Waals surface area contributed by atoms with Gasteiger partial charge in [-0.15, -0.1) is 0 Å². The summed E-state index contributed by atoms with van der Waals surface area (Å²) in [6.45, 7) is 1.64. The molecule has 2 atom stereocenters. The smallest absolute Gasteiger partial charge is 0.137 e. The fourth-order valence-electron chi connectivity index (χ4n) is 2.06. The maximum atomic E-state index is 11.3. The number of rotatable bonds is 1. The minimum absolute atomic E-state index is 0.0335. The zero-order valence-corrected chi connectivity index (χ0v) is 7.66. The molecule has 2 heteroatoms. The van der Waals surface area contributed by atoms with Crippen LogP contribution in [0.15, 0.2) is 24.3 Å². The van der Waals surface area contributed by atoms with E-state index in [-0.39, 0.29) is 17.7 Å². The lowest BCUT2D eigenvalue weighted by Crippen LogP contribution is -2.08. The second-order valence-corrected chi connectivity index (χ2v) is 3.63. The van der Waals surface area contributed by atoms with E-state index in [2.05, 4.69) is 0 Å². The number of nitrogens with two attached hydrogens (primary N) is 1. The summed E-state index contributed by atoms with van der Waals surface area (Å²) < 4.78 is 0. The fraction of sp³-hybridized carbons (Fsp3) is 0.364. The first-order chi connectivity index (χ1) is 6.20. The quantitative estimate of drug-likeness (QED) is 0.706. The van der Waals surface area contributed by atoms with Crippen molar-refractivity contribution < 1.29 is 4.79 Å². The van der Waals surface area contributed by atoms with Crippen molar-refractivity contribution in [2.75, 3.05) is 0 Å². The monoisotopic (exact) mass is 175 g/mol. The molecular formula is C11H13NO. The maximum Gasteiger partial charge on any atom is 0.137 e. The Labute approximate surface area is 77.8 Å². The highest BCUT2D eigenvalue weighted by atomic mass is 16.1. The fourth-order valence-corrected chi connectivity index (χ4v) is 2.06. The molecule has 0 unspecified atom stereocenters. The average molecular weight is 175 g/mol. The standard InChI is InChI=1S/C11H13NO/c1-7(13)10-6-11(12)9-5-3-2-4-8(9)10/h2-5,10-11H,6,12H2,1H3/t10-,11-/m0/s1. The molecule has 0 spiro atoms. The van der Waals surface area contributed by atoms with E-state index < -0.39 is 0 Å². The van der Waals surface area contributed by atoms with Crippen molar-refractivity contribution in [1.82, 2.24) is 0 Å². The van der Waals surface area contributed by atoms with E-state index in [0.717, 1.165) is 17.5 Å². The average Bonchev–Trinajstić information content (AvgIpc) is 2.45. The van der Waals surface area contributed by atoms with Crippen molar-refractivity contribution in [3.05, 3.63) is 35.4 Å². The molecular weight excluding hydrogens is 162 g/mol. The lowest BCUT2D eigenvalue weighted by Gasteiger charge is -2.05. The predicted molar refractivity (Wildman–Crippen MR) is 51.4 cm³/mol. The Balaban J connectivity index is 2.47. The molecule has 0 saturated heterocycles. The Bertz CT molecular complexity index is 346. The van der Waals surface area contributed by atoms with Crippen LogP contribution in [0.4, 0.5) is 0 Å². The van der Waals surface area contributed by atoms with Crippen LogP contribution in [0.1, 0.15) is 36.4 Å². The van der Waals surface area contributed by atoms with Crippen LogP contribution in [0.25, 0.3) is 0 Å². The van der Waals surface area contributed by atoms with E-state index in [0.29, 0.717) is 0 Å². The number of hydrogen-bond acceptors (Lipinski definition) is 2. The molecule has 0 radical (unpaired) electrons. The highest BCUT2D eigenvalue weighted by Gasteiger charge is 2.30. The lowest BCUT2D eigenvalue weighted by atomic mass is 9.98. The second kappa shape index (κ2) is 2.96. The number of carbonyl (C=O) groups excluding carboxylic acids is 1. The lowest BCUT2D eigenvalue weighted by molar-refractivity contribution is -0.118. The van der Waals surface area contributed by atoms with E-state index >= 15 is 0 Å². The second-order valence-electron chi connectivity index (χ2n) is 3.63. The highest BCUT2D eigenvalue weighted by Crippen LogP contribution is 2.38. The highest BCUT2D eigenvalue weighted by molar-refractivity contribution is 5.84. The molecule has 1 aliphatic rings. The summed E-state index contributed by atoms with van der Waals surface area (Å²) >= 11 is 0. The molecule has 1 aliphatic carbocycles. The van der Waals surface area contributed by atoms with E-state index in [1.165, 1.54) is 0 Å². The van der Waals surface area contributed by atoms with E-state index in [9.17, 15) is 4.79 Å². The first-order valence-corrected chi connectivity index (χ1v) is 4.55. The zero-order chi connectivity index (χ0) is 9.42. The molecule has 0 aliphatic heterocycles. The maximum absolute atomic E-state index is 11.3. The van der Waals surface area contributed by atoms with Gasteiger partial charge in [-0.05, 0) is 24.5 Å². The van der Waals surface area contributed by atoms with Crippen LogP contribution in [-0.2, 0) is 4.79 Å². The minimum Gasteiger partial charge on any atom is -0.324 e. The Kier molecular flexibility index (Phi) is 1.93. The molecule has 2 N–H and O–H groups in total. The molecule has 0 fully saturated rings. The predicted octanol–water partition coefficient (Wildman–Crippen LogP) is 1.76. The van der Waals surface area contributed by atoms with Gasteiger partial charge in [-0.2, -0.15) is 0 Å². The van der Waals surface area contributed by atoms with Gasteiger partial charge in [0.05, 0.1) is 0 Å². The van der Waals surface area contributed by atoms with E-state index in [1.54, 1.807) is 6.92 Å². The molecule has 0 heterocycles. The summed E-state index contributed by atoms with van der Waals surface area (Å²) in [6, 6.07) is 8.01. The Morgan fingerprint density at radius 3 is 2.62 bits per heavy atom. The molecule has 0 aromatic heterocycles. The van der Waals surface area contributed by atoms with Crippen LogP contribution in [0.2, 0.25) is 0 Å². The van der Waals surface area contributed by atoms with Gasteiger partial charge < -0.3 is 5.73 Å². The molecule has 13 heavy (non-hydrogen) atoms. The van der Waals surface area contributed by atoms with Crippen molar-refractivity contribution in [1.29, 1.82) is 0 Å². The third-order valence-corrected chi connectivity index (χ3v) is 2.75. The Morgan fingerprint density at radius 1 is 1.38 bits per heavy atom. The molecule has 0 bridgehead atoms. The van der Waals surface area contributed by atoms with Crippen molar-refractivity contribution >= 4 is 5.78 Å². The van der Waals surface area contributed by atoms with Gasteiger partial charge in [-0.25, -0.2) is 0 Å². The van der Waals surface area contributed by atoms with E-state index in [1.807, 2.05) is 24.3 Å². The van der Waals surface area contributed by atoms with Crippen LogP contribution in [0.3, 0.4) is 0 Å². The van der Waals surface area contributed by atoms with Gasteiger partial charge in [-0.3, -0.25) is 4.79 Å². The van der Waals surface area contributed by atoms with Crippen LogP contribution < -0.4 is 5.73 Å². The third-order valence-electron chi connectivity index (χ3n) is 2.75. The van der Waals surface area contributed by atoms with Crippen LogP contribution in [-0.4, -0.2) is 5.78 Å². The number of benzene rings is 1. The Morgan fingerprint density at radius 2 is 2.00 bits per heavy atom. The van der Waals surface area contributed by atoms with Gasteiger partial charge in [0.1, 0.15) is 5.78 Å². The summed E-state index contributed by atoms with van der Waals surface area (Å²) in [7, 11) is 0. The number of ketones is 1. The number of Topliss-reactive ketones (excluding diaryl/α,β-unsaturated/α-hetero) is 1. The molecule has 0 saturated carbocycles. The van der Waals surface area contributed by atoms with Crippen LogP contribution >= 0.6 is 0 Å².